The second kappa shape index (κ2) is 9.23. The number of rotatable bonds is 5. The number of H-pyrrole nitrogens is 1. The molecule has 1 saturated heterocycles. The number of ketones is 1. The lowest BCUT2D eigenvalue weighted by atomic mass is 10.00. The van der Waals surface area contributed by atoms with Crippen LogP contribution in [0.3, 0.4) is 0 Å². The molecule has 0 spiro atoms. The fourth-order valence-corrected chi connectivity index (χ4v) is 5.70. The standard InChI is InChI=1S/C31H29N7O/c1-19-35-27-9-8-25(16-28(27)36-19)38-31(32)26(18-34-38)30(39)24-14-21-6-5-20(13-23(21)15-24)22-7-10-29(33-17-22)37-11-3-2-4-12-37/h5-10,13-14,16-18H,2-4,11-12,15,32H2,1H3,(H,35,36). The SMILES string of the molecule is Cc1nc2ccc(-n3ncc(C(=O)C4=Cc5ccc(-c6ccc(N7CCCCC7)nc6)cc5C4)c3N)cc2[nH]1. The second-order valence-electron chi connectivity index (χ2n) is 10.4. The van der Waals surface area contributed by atoms with E-state index >= 15 is 0 Å². The molecule has 1 fully saturated rings. The number of aryl methyl sites for hydroxylation is 1. The Labute approximate surface area is 226 Å². The van der Waals surface area contributed by atoms with Crippen molar-refractivity contribution < 1.29 is 4.79 Å². The van der Waals surface area contributed by atoms with Gasteiger partial charge in [0.25, 0.3) is 0 Å². The van der Waals surface area contributed by atoms with E-state index in [0.29, 0.717) is 23.4 Å². The van der Waals surface area contributed by atoms with Gasteiger partial charge in [0.1, 0.15) is 17.5 Å². The van der Waals surface area contributed by atoms with Gasteiger partial charge in [-0.25, -0.2) is 14.6 Å². The summed E-state index contributed by atoms with van der Waals surface area (Å²) in [5, 5.41) is 4.43. The van der Waals surface area contributed by atoms with E-state index in [9.17, 15) is 4.79 Å². The van der Waals surface area contributed by atoms with E-state index in [2.05, 4.69) is 50.3 Å². The van der Waals surface area contributed by atoms with Crippen molar-refractivity contribution in [1.29, 1.82) is 0 Å². The summed E-state index contributed by atoms with van der Waals surface area (Å²) in [4.78, 5) is 28.3. The van der Waals surface area contributed by atoms with Crippen LogP contribution in [0.5, 0.6) is 0 Å². The first-order chi connectivity index (χ1) is 19.0. The van der Waals surface area contributed by atoms with Gasteiger partial charge in [0.15, 0.2) is 5.78 Å². The molecule has 0 saturated carbocycles. The zero-order valence-electron chi connectivity index (χ0n) is 21.8. The van der Waals surface area contributed by atoms with Crippen molar-refractivity contribution in [2.24, 2.45) is 0 Å². The number of nitrogens with two attached hydrogens (primary N) is 1. The number of nitrogens with zero attached hydrogens (tertiary/aromatic N) is 5. The molecule has 1 aliphatic carbocycles. The van der Waals surface area contributed by atoms with Crippen molar-refractivity contribution in [1.82, 2.24) is 24.7 Å². The summed E-state index contributed by atoms with van der Waals surface area (Å²) in [6, 6.07) is 16.4. The van der Waals surface area contributed by atoms with Crippen molar-refractivity contribution in [3.05, 3.63) is 89.0 Å². The van der Waals surface area contributed by atoms with Crippen LogP contribution < -0.4 is 10.6 Å². The number of aromatic nitrogens is 5. The first-order valence-corrected chi connectivity index (χ1v) is 13.4. The van der Waals surface area contributed by atoms with E-state index < -0.39 is 0 Å². The Morgan fingerprint density at radius 3 is 2.64 bits per heavy atom. The van der Waals surface area contributed by atoms with Gasteiger partial charge in [-0.1, -0.05) is 18.2 Å². The maximum Gasteiger partial charge on any atom is 0.194 e. The Kier molecular flexibility index (Phi) is 5.54. The van der Waals surface area contributed by atoms with Crippen LogP contribution in [-0.4, -0.2) is 43.6 Å². The molecule has 5 aromatic rings. The number of carbonyl (C=O) groups excluding carboxylic acids is 1. The largest absolute Gasteiger partial charge is 0.383 e. The summed E-state index contributed by atoms with van der Waals surface area (Å²) in [7, 11) is 0. The van der Waals surface area contributed by atoms with Crippen LogP contribution in [-0.2, 0) is 6.42 Å². The molecule has 2 aliphatic rings. The monoisotopic (exact) mass is 515 g/mol. The number of aromatic amines is 1. The van der Waals surface area contributed by atoms with Crippen LogP contribution in [0.15, 0.2) is 66.5 Å². The number of pyridine rings is 1. The summed E-state index contributed by atoms with van der Waals surface area (Å²) in [5.74, 6) is 2.12. The van der Waals surface area contributed by atoms with E-state index in [0.717, 1.165) is 63.7 Å². The van der Waals surface area contributed by atoms with Gasteiger partial charge < -0.3 is 15.6 Å². The average molecular weight is 516 g/mol. The van der Waals surface area contributed by atoms with Gasteiger partial charge in [0, 0.05) is 36.8 Å². The topological polar surface area (TPSA) is 106 Å². The molecule has 39 heavy (non-hydrogen) atoms. The maximum atomic E-state index is 13.5. The number of nitrogens with one attached hydrogen (secondary N) is 1. The molecule has 0 amide bonds. The maximum absolute atomic E-state index is 13.5. The molecule has 3 N–H and O–H groups in total. The highest BCUT2D eigenvalue weighted by atomic mass is 16.1. The lowest BCUT2D eigenvalue weighted by molar-refractivity contribution is 0.103. The van der Waals surface area contributed by atoms with Crippen LogP contribution in [0.2, 0.25) is 0 Å². The highest BCUT2D eigenvalue weighted by molar-refractivity contribution is 6.15. The Bertz CT molecular complexity index is 1750. The zero-order chi connectivity index (χ0) is 26.5. The van der Waals surface area contributed by atoms with E-state index in [4.69, 9.17) is 10.7 Å². The Morgan fingerprint density at radius 2 is 1.82 bits per heavy atom. The molecule has 0 bridgehead atoms. The summed E-state index contributed by atoms with van der Waals surface area (Å²) in [5.41, 5.74) is 14.5. The number of piperidine rings is 1. The number of hydrogen-bond acceptors (Lipinski definition) is 6. The average Bonchev–Trinajstić information content (AvgIpc) is 3.68. The number of benzene rings is 2. The highest BCUT2D eigenvalue weighted by Crippen LogP contribution is 2.33. The zero-order valence-corrected chi connectivity index (χ0v) is 21.8. The predicted molar refractivity (Wildman–Crippen MR) is 154 cm³/mol. The van der Waals surface area contributed by atoms with Crippen LogP contribution in [0.1, 0.15) is 46.6 Å². The number of imidazole rings is 1. The minimum absolute atomic E-state index is 0.0949. The summed E-state index contributed by atoms with van der Waals surface area (Å²) < 4.78 is 1.60. The van der Waals surface area contributed by atoms with Gasteiger partial charge >= 0.3 is 0 Å². The quantitative estimate of drug-likeness (QED) is 0.299. The first kappa shape index (κ1) is 23.4. The minimum atomic E-state index is -0.0949. The lowest BCUT2D eigenvalue weighted by Crippen LogP contribution is -2.29. The van der Waals surface area contributed by atoms with Crippen LogP contribution in [0, 0.1) is 6.92 Å². The van der Waals surface area contributed by atoms with Crippen LogP contribution in [0.4, 0.5) is 11.6 Å². The third-order valence-corrected chi connectivity index (χ3v) is 7.79. The molecular formula is C31H29N7O. The number of fused-ring (bicyclic) bond motifs is 2. The highest BCUT2D eigenvalue weighted by Gasteiger charge is 2.24. The van der Waals surface area contributed by atoms with Gasteiger partial charge in [-0.3, -0.25) is 4.79 Å². The molecule has 4 heterocycles. The third kappa shape index (κ3) is 4.18. The molecule has 8 heteroatoms. The Hall–Kier alpha value is -4.72. The molecule has 194 valence electrons. The smallest absolute Gasteiger partial charge is 0.194 e. The molecule has 0 radical (unpaired) electrons. The third-order valence-electron chi connectivity index (χ3n) is 7.79. The summed E-state index contributed by atoms with van der Waals surface area (Å²) in [6.45, 7) is 4.07. The van der Waals surface area contributed by atoms with E-state index in [1.54, 1.807) is 10.9 Å². The minimum Gasteiger partial charge on any atom is -0.383 e. The van der Waals surface area contributed by atoms with Gasteiger partial charge in [-0.2, -0.15) is 5.10 Å². The summed E-state index contributed by atoms with van der Waals surface area (Å²) >= 11 is 0. The molecule has 1 aliphatic heterocycles. The first-order valence-electron chi connectivity index (χ1n) is 13.4. The number of anilines is 2. The van der Waals surface area contributed by atoms with Crippen LogP contribution >= 0.6 is 0 Å². The van der Waals surface area contributed by atoms with Crippen molar-refractivity contribution in [2.75, 3.05) is 23.7 Å². The molecule has 3 aromatic heterocycles. The predicted octanol–water partition coefficient (Wildman–Crippen LogP) is 5.51. The van der Waals surface area contributed by atoms with Gasteiger partial charge in [-0.15, -0.1) is 0 Å². The van der Waals surface area contributed by atoms with E-state index in [1.807, 2.05) is 37.4 Å². The Balaban J connectivity index is 1.10. The number of nitrogen functional groups attached to an aromatic ring is 1. The number of carbonyl (C=O) groups is 1. The van der Waals surface area contributed by atoms with Crippen molar-refractivity contribution in [2.45, 2.75) is 32.6 Å². The van der Waals surface area contributed by atoms with Crippen LogP contribution in [0.25, 0.3) is 33.9 Å². The molecule has 8 nitrogen and oxygen atoms in total. The van der Waals surface area contributed by atoms with Gasteiger partial charge in [-0.05, 0) is 79.3 Å². The molecule has 2 aromatic carbocycles. The Morgan fingerprint density at radius 1 is 0.974 bits per heavy atom. The normalized spacial score (nSPS) is 15.0. The van der Waals surface area contributed by atoms with Gasteiger partial charge in [0.05, 0.1) is 28.5 Å². The number of allylic oxidation sites excluding steroid dienone is 1. The summed E-state index contributed by atoms with van der Waals surface area (Å²) in [6.07, 6.45) is 9.81. The molecule has 7 rings (SSSR count). The fourth-order valence-electron chi connectivity index (χ4n) is 5.70. The van der Waals surface area contributed by atoms with E-state index in [1.165, 1.54) is 19.3 Å². The van der Waals surface area contributed by atoms with E-state index in [-0.39, 0.29) is 5.78 Å². The lowest BCUT2D eigenvalue weighted by Gasteiger charge is -2.27. The number of Topliss-reactive ketones (excluding diaryl/α,β-unsaturated/α-hetero) is 1. The van der Waals surface area contributed by atoms with Gasteiger partial charge in [0.2, 0.25) is 0 Å². The van der Waals surface area contributed by atoms with Crippen molar-refractivity contribution in [3.63, 3.8) is 0 Å². The molecular weight excluding hydrogens is 486 g/mol. The molecule has 0 atom stereocenters. The van der Waals surface area contributed by atoms with Crippen molar-refractivity contribution >= 4 is 34.5 Å². The number of hydrogen-bond donors (Lipinski definition) is 2. The second-order valence-corrected chi connectivity index (χ2v) is 10.4. The fraction of sp³-hybridized carbons (Fsp3) is 0.226. The van der Waals surface area contributed by atoms with Crippen molar-refractivity contribution in [3.8, 4) is 16.8 Å². The molecule has 0 unspecified atom stereocenters.